The SMILES string of the molecule is C[Si](C)(C)CNC(=O)C1c2ccccc2C(=O)N1CCc1ccc(Br)cc1. The van der Waals surface area contributed by atoms with Crippen LogP contribution in [0.5, 0.6) is 0 Å². The number of carbonyl (C=O) groups is 2. The van der Waals surface area contributed by atoms with E-state index < -0.39 is 14.1 Å². The summed E-state index contributed by atoms with van der Waals surface area (Å²) in [4.78, 5) is 27.6. The number of nitrogens with one attached hydrogen (secondary N) is 1. The van der Waals surface area contributed by atoms with E-state index in [2.05, 4.69) is 40.9 Å². The molecule has 0 fully saturated rings. The predicted molar refractivity (Wildman–Crippen MR) is 114 cm³/mol. The number of hydrogen-bond donors (Lipinski definition) is 1. The second-order valence-corrected chi connectivity index (χ2v) is 14.5. The Bertz CT molecular complexity index is 846. The van der Waals surface area contributed by atoms with Gasteiger partial charge in [0.05, 0.1) is 8.07 Å². The number of benzene rings is 2. The molecule has 1 aliphatic rings. The van der Waals surface area contributed by atoms with E-state index >= 15 is 0 Å². The summed E-state index contributed by atoms with van der Waals surface area (Å²) >= 11 is 3.44. The van der Waals surface area contributed by atoms with Crippen LogP contribution in [0.25, 0.3) is 0 Å². The van der Waals surface area contributed by atoms with Gasteiger partial charge < -0.3 is 10.2 Å². The summed E-state index contributed by atoms with van der Waals surface area (Å²) in [6.07, 6.45) is 1.42. The lowest BCUT2D eigenvalue weighted by molar-refractivity contribution is -0.125. The van der Waals surface area contributed by atoms with Crippen LogP contribution in [0.2, 0.25) is 19.6 Å². The van der Waals surface area contributed by atoms with E-state index in [1.165, 1.54) is 0 Å². The first-order valence-electron chi connectivity index (χ1n) is 9.18. The number of halogens is 1. The molecule has 2 amide bonds. The van der Waals surface area contributed by atoms with Crippen molar-refractivity contribution in [2.24, 2.45) is 0 Å². The lowest BCUT2D eigenvalue weighted by atomic mass is 10.0. The van der Waals surface area contributed by atoms with Crippen LogP contribution in [0.4, 0.5) is 0 Å². The number of amides is 2. The van der Waals surface area contributed by atoms with Crippen molar-refractivity contribution in [1.82, 2.24) is 10.2 Å². The van der Waals surface area contributed by atoms with Gasteiger partial charge in [-0.15, -0.1) is 0 Å². The first-order chi connectivity index (χ1) is 12.8. The Morgan fingerprint density at radius 2 is 1.78 bits per heavy atom. The molecule has 0 saturated heterocycles. The van der Waals surface area contributed by atoms with Crippen LogP contribution >= 0.6 is 15.9 Å². The summed E-state index contributed by atoms with van der Waals surface area (Å²) in [6, 6.07) is 15.0. The molecule has 0 aliphatic carbocycles. The second-order valence-electron chi connectivity index (χ2n) is 8.14. The maximum Gasteiger partial charge on any atom is 0.255 e. The van der Waals surface area contributed by atoms with Gasteiger partial charge in [0.2, 0.25) is 5.91 Å². The van der Waals surface area contributed by atoms with Crippen LogP contribution < -0.4 is 5.32 Å². The van der Waals surface area contributed by atoms with Gasteiger partial charge in [0, 0.05) is 22.7 Å². The van der Waals surface area contributed by atoms with E-state index in [0.717, 1.165) is 15.6 Å². The average Bonchev–Trinajstić information content (AvgIpc) is 2.91. The minimum Gasteiger partial charge on any atom is -0.357 e. The smallest absolute Gasteiger partial charge is 0.255 e. The number of hydrogen-bond acceptors (Lipinski definition) is 2. The van der Waals surface area contributed by atoms with Crippen molar-refractivity contribution in [3.8, 4) is 0 Å². The zero-order valence-corrected chi connectivity index (χ0v) is 18.5. The van der Waals surface area contributed by atoms with E-state index in [1.807, 2.05) is 48.5 Å². The molecule has 6 heteroatoms. The predicted octanol–water partition coefficient (Wildman–Crippen LogP) is 4.18. The summed E-state index contributed by atoms with van der Waals surface area (Å²) in [7, 11) is -1.42. The summed E-state index contributed by atoms with van der Waals surface area (Å²) in [5.74, 6) is -0.137. The molecule has 1 heterocycles. The normalized spacial score (nSPS) is 16.4. The molecule has 0 radical (unpaired) electrons. The molecular formula is C21H25BrN2O2Si. The highest BCUT2D eigenvalue weighted by Gasteiger charge is 2.40. The first kappa shape index (κ1) is 19.8. The molecule has 0 saturated carbocycles. The van der Waals surface area contributed by atoms with Crippen LogP contribution in [0.15, 0.2) is 53.0 Å². The standard InChI is InChI=1S/C21H25BrN2O2Si/c1-27(2,3)14-23-20(25)19-17-6-4-5-7-18(17)21(26)24(19)13-12-15-8-10-16(22)11-9-15/h4-11,19H,12-14H2,1-3H3,(H,23,25). The van der Waals surface area contributed by atoms with E-state index in [0.29, 0.717) is 24.7 Å². The molecule has 1 N–H and O–H groups in total. The molecule has 4 nitrogen and oxygen atoms in total. The molecular weight excluding hydrogens is 420 g/mol. The molecule has 1 atom stereocenters. The Kier molecular flexibility index (Phi) is 5.86. The van der Waals surface area contributed by atoms with Gasteiger partial charge in [0.1, 0.15) is 6.04 Å². The Morgan fingerprint density at radius 1 is 1.11 bits per heavy atom. The van der Waals surface area contributed by atoms with Gasteiger partial charge >= 0.3 is 0 Å². The van der Waals surface area contributed by atoms with Crippen LogP contribution in [0.1, 0.15) is 27.5 Å². The monoisotopic (exact) mass is 444 g/mol. The van der Waals surface area contributed by atoms with Gasteiger partial charge in [-0.25, -0.2) is 0 Å². The van der Waals surface area contributed by atoms with Crippen LogP contribution in [-0.4, -0.2) is 37.5 Å². The van der Waals surface area contributed by atoms with Crippen molar-refractivity contribution in [1.29, 1.82) is 0 Å². The zero-order valence-electron chi connectivity index (χ0n) is 16.0. The number of rotatable bonds is 6. The Hall–Kier alpha value is -1.92. The highest BCUT2D eigenvalue weighted by Crippen LogP contribution is 2.33. The number of fused-ring (bicyclic) bond motifs is 1. The average molecular weight is 445 g/mol. The molecule has 142 valence electrons. The minimum absolute atomic E-state index is 0.0594. The molecule has 0 spiro atoms. The van der Waals surface area contributed by atoms with Crippen molar-refractivity contribution < 1.29 is 9.59 Å². The van der Waals surface area contributed by atoms with Gasteiger partial charge in [0.15, 0.2) is 0 Å². The Labute approximate surface area is 170 Å². The highest BCUT2D eigenvalue weighted by atomic mass is 79.9. The molecule has 1 unspecified atom stereocenters. The lowest BCUT2D eigenvalue weighted by Gasteiger charge is -2.26. The molecule has 2 aromatic rings. The third-order valence-electron chi connectivity index (χ3n) is 4.65. The molecule has 1 aliphatic heterocycles. The van der Waals surface area contributed by atoms with Crippen LogP contribution in [0.3, 0.4) is 0 Å². The third kappa shape index (κ3) is 4.68. The van der Waals surface area contributed by atoms with Gasteiger partial charge in [-0.1, -0.05) is 65.9 Å². The van der Waals surface area contributed by atoms with Crippen LogP contribution in [-0.2, 0) is 11.2 Å². The molecule has 2 aromatic carbocycles. The first-order valence-corrected chi connectivity index (χ1v) is 13.7. The molecule has 0 bridgehead atoms. The maximum absolute atomic E-state index is 13.0. The minimum atomic E-state index is -1.42. The molecule has 27 heavy (non-hydrogen) atoms. The maximum atomic E-state index is 13.0. The Balaban J connectivity index is 1.80. The Morgan fingerprint density at radius 3 is 2.44 bits per heavy atom. The summed E-state index contributed by atoms with van der Waals surface area (Å²) in [6.45, 7) is 7.16. The largest absolute Gasteiger partial charge is 0.357 e. The van der Waals surface area contributed by atoms with Gasteiger partial charge in [-0.3, -0.25) is 9.59 Å². The van der Waals surface area contributed by atoms with E-state index in [-0.39, 0.29) is 11.8 Å². The summed E-state index contributed by atoms with van der Waals surface area (Å²) < 4.78 is 1.03. The van der Waals surface area contributed by atoms with Crippen molar-refractivity contribution in [2.45, 2.75) is 32.1 Å². The summed E-state index contributed by atoms with van der Waals surface area (Å²) in [5.41, 5.74) is 2.59. The zero-order chi connectivity index (χ0) is 19.6. The lowest BCUT2D eigenvalue weighted by Crippen LogP contribution is -2.45. The quantitative estimate of drug-likeness (QED) is 0.679. The van der Waals surface area contributed by atoms with Crippen molar-refractivity contribution in [3.63, 3.8) is 0 Å². The van der Waals surface area contributed by atoms with Crippen LogP contribution in [0, 0.1) is 0 Å². The van der Waals surface area contributed by atoms with Crippen molar-refractivity contribution >= 4 is 35.8 Å². The number of carbonyl (C=O) groups excluding carboxylic acids is 2. The molecule has 3 rings (SSSR count). The van der Waals surface area contributed by atoms with Gasteiger partial charge in [-0.2, -0.15) is 0 Å². The fraction of sp³-hybridized carbons (Fsp3) is 0.333. The van der Waals surface area contributed by atoms with Crippen molar-refractivity contribution in [2.75, 3.05) is 12.7 Å². The molecule has 0 aromatic heterocycles. The fourth-order valence-electron chi connectivity index (χ4n) is 3.23. The number of nitrogens with zero attached hydrogens (tertiary/aromatic N) is 1. The van der Waals surface area contributed by atoms with Gasteiger partial charge in [0.25, 0.3) is 5.91 Å². The van der Waals surface area contributed by atoms with E-state index in [1.54, 1.807) is 4.90 Å². The van der Waals surface area contributed by atoms with Gasteiger partial charge in [-0.05, 0) is 35.7 Å². The van der Waals surface area contributed by atoms with E-state index in [9.17, 15) is 9.59 Å². The summed E-state index contributed by atoms with van der Waals surface area (Å²) in [5, 5.41) is 3.08. The third-order valence-corrected chi connectivity index (χ3v) is 6.42. The second kappa shape index (κ2) is 7.98. The van der Waals surface area contributed by atoms with Crippen molar-refractivity contribution in [3.05, 3.63) is 69.7 Å². The fourth-order valence-corrected chi connectivity index (χ4v) is 4.20. The highest BCUT2D eigenvalue weighted by molar-refractivity contribution is 9.10. The van der Waals surface area contributed by atoms with E-state index in [4.69, 9.17) is 0 Å². The topological polar surface area (TPSA) is 49.4 Å².